The van der Waals surface area contributed by atoms with Gasteiger partial charge in [0.1, 0.15) is 5.57 Å². The van der Waals surface area contributed by atoms with Crippen LogP contribution < -0.4 is 10.2 Å². The number of nitrogens with one attached hydrogen (secondary N) is 1. The number of para-hydroxylation sites is 2. The van der Waals surface area contributed by atoms with Crippen molar-refractivity contribution in [3.8, 4) is 0 Å². The first-order valence-corrected chi connectivity index (χ1v) is 8.91. The molecule has 0 bridgehead atoms. The third-order valence-electron chi connectivity index (χ3n) is 5.20. The minimum atomic E-state index is -0.740. The molecule has 0 aliphatic carbocycles. The molecule has 0 spiro atoms. The maximum absolute atomic E-state index is 13.1. The predicted molar refractivity (Wildman–Crippen MR) is 108 cm³/mol. The van der Waals surface area contributed by atoms with Crippen molar-refractivity contribution in [2.75, 3.05) is 4.90 Å². The molecule has 6 nitrogen and oxygen atoms in total. The maximum atomic E-state index is 13.1. The van der Waals surface area contributed by atoms with Crippen LogP contribution in [0.5, 0.6) is 0 Å². The highest BCUT2D eigenvalue weighted by molar-refractivity contribution is 6.39. The summed E-state index contributed by atoms with van der Waals surface area (Å²) < 4.78 is 2.01. The van der Waals surface area contributed by atoms with Crippen molar-refractivity contribution in [1.29, 1.82) is 0 Å². The van der Waals surface area contributed by atoms with Gasteiger partial charge in [0.2, 0.25) is 0 Å². The van der Waals surface area contributed by atoms with Gasteiger partial charge in [-0.05, 0) is 37.6 Å². The van der Waals surface area contributed by atoms with Crippen LogP contribution in [0.25, 0.3) is 17.0 Å². The van der Waals surface area contributed by atoms with Crippen molar-refractivity contribution >= 4 is 40.5 Å². The Bertz CT molecular complexity index is 1190. The van der Waals surface area contributed by atoms with E-state index in [9.17, 15) is 14.4 Å². The lowest BCUT2D eigenvalue weighted by atomic mass is 10.0. The smallest absolute Gasteiger partial charge is 0.335 e. The van der Waals surface area contributed by atoms with Crippen LogP contribution in [0.2, 0.25) is 0 Å². The van der Waals surface area contributed by atoms with Crippen LogP contribution in [0.15, 0.2) is 54.1 Å². The molecule has 1 fully saturated rings. The van der Waals surface area contributed by atoms with E-state index in [1.54, 1.807) is 18.2 Å². The van der Waals surface area contributed by atoms with E-state index >= 15 is 0 Å². The molecule has 0 saturated carbocycles. The molecule has 2 heterocycles. The number of aryl methyl sites for hydroxylation is 2. The van der Waals surface area contributed by atoms with Gasteiger partial charge < -0.3 is 4.57 Å². The topological polar surface area (TPSA) is 71.4 Å². The summed E-state index contributed by atoms with van der Waals surface area (Å²) in [6, 6.07) is 14.1. The Hall–Kier alpha value is -3.67. The Morgan fingerprint density at radius 2 is 1.61 bits per heavy atom. The number of urea groups is 1. The zero-order valence-corrected chi connectivity index (χ0v) is 15.8. The number of benzene rings is 2. The van der Waals surface area contributed by atoms with Gasteiger partial charge in [-0.3, -0.25) is 14.9 Å². The highest BCUT2D eigenvalue weighted by Crippen LogP contribution is 2.29. The Balaban J connectivity index is 1.87. The molecule has 1 saturated heterocycles. The number of hydrogen-bond acceptors (Lipinski definition) is 3. The Morgan fingerprint density at radius 3 is 2.36 bits per heavy atom. The number of carbonyl (C=O) groups excluding carboxylic acids is 3. The highest BCUT2D eigenvalue weighted by atomic mass is 16.2. The van der Waals surface area contributed by atoms with Crippen LogP contribution in [0.4, 0.5) is 10.5 Å². The number of nitrogens with zero attached hydrogens (tertiary/aromatic N) is 2. The van der Waals surface area contributed by atoms with E-state index in [4.69, 9.17) is 0 Å². The number of anilines is 1. The fourth-order valence-corrected chi connectivity index (χ4v) is 3.57. The summed E-state index contributed by atoms with van der Waals surface area (Å²) in [4.78, 5) is 39.0. The summed E-state index contributed by atoms with van der Waals surface area (Å²) in [6.07, 6.45) is 1.58. The van der Waals surface area contributed by atoms with Crippen LogP contribution >= 0.6 is 0 Å². The quantitative estimate of drug-likeness (QED) is 0.552. The van der Waals surface area contributed by atoms with Crippen LogP contribution in [0, 0.1) is 13.8 Å². The zero-order valence-electron chi connectivity index (χ0n) is 15.8. The lowest BCUT2D eigenvalue weighted by Gasteiger charge is -2.27. The summed E-state index contributed by atoms with van der Waals surface area (Å²) in [5.41, 5.74) is 3.87. The molecule has 3 aromatic rings. The standard InChI is InChI=1S/C22H19N3O3/c1-13-8-4-6-10-18(13)25-21(27)17(20(26)23-22(25)28)12-16-14(2)24(3)19-11-7-5-9-15(16)19/h4-12H,1-3H3,(H,23,26,28)/b17-12-. The number of carbonyl (C=O) groups is 3. The number of imide groups is 2. The van der Waals surface area contributed by atoms with E-state index in [0.29, 0.717) is 5.69 Å². The van der Waals surface area contributed by atoms with Gasteiger partial charge >= 0.3 is 6.03 Å². The molecule has 4 amide bonds. The van der Waals surface area contributed by atoms with E-state index in [1.807, 2.05) is 61.9 Å². The van der Waals surface area contributed by atoms with Gasteiger partial charge in [0.25, 0.3) is 11.8 Å². The highest BCUT2D eigenvalue weighted by Gasteiger charge is 2.37. The third kappa shape index (κ3) is 2.62. The van der Waals surface area contributed by atoms with Crippen molar-refractivity contribution in [3.05, 3.63) is 70.9 Å². The van der Waals surface area contributed by atoms with Crippen molar-refractivity contribution in [3.63, 3.8) is 0 Å². The molecule has 1 aromatic heterocycles. The fraction of sp³-hybridized carbons (Fsp3) is 0.136. The molecule has 0 atom stereocenters. The van der Waals surface area contributed by atoms with E-state index < -0.39 is 17.8 Å². The molecule has 28 heavy (non-hydrogen) atoms. The van der Waals surface area contributed by atoms with E-state index in [2.05, 4.69) is 5.32 Å². The average Bonchev–Trinajstić information content (AvgIpc) is 2.91. The van der Waals surface area contributed by atoms with Gasteiger partial charge in [0, 0.05) is 29.2 Å². The van der Waals surface area contributed by atoms with Crippen molar-refractivity contribution in [2.24, 2.45) is 7.05 Å². The molecule has 2 aromatic carbocycles. The normalized spacial score (nSPS) is 16.2. The Labute approximate surface area is 162 Å². The zero-order chi connectivity index (χ0) is 20.0. The first kappa shape index (κ1) is 17.7. The Morgan fingerprint density at radius 1 is 0.929 bits per heavy atom. The molecule has 0 unspecified atom stereocenters. The summed E-state index contributed by atoms with van der Waals surface area (Å²) in [5, 5.41) is 3.22. The van der Waals surface area contributed by atoms with Gasteiger partial charge in [-0.1, -0.05) is 36.4 Å². The van der Waals surface area contributed by atoms with Crippen molar-refractivity contribution < 1.29 is 14.4 Å². The Kier molecular flexibility index (Phi) is 4.11. The summed E-state index contributed by atoms with van der Waals surface area (Å²) in [7, 11) is 1.94. The number of fused-ring (bicyclic) bond motifs is 1. The molecule has 4 rings (SSSR count). The molecular formula is C22H19N3O3. The van der Waals surface area contributed by atoms with Gasteiger partial charge in [0.15, 0.2) is 0 Å². The fourth-order valence-electron chi connectivity index (χ4n) is 3.57. The average molecular weight is 373 g/mol. The van der Waals surface area contributed by atoms with Gasteiger partial charge in [0.05, 0.1) is 5.69 Å². The summed E-state index contributed by atoms with van der Waals surface area (Å²) in [5.74, 6) is -1.32. The van der Waals surface area contributed by atoms with E-state index in [-0.39, 0.29) is 5.57 Å². The van der Waals surface area contributed by atoms with Crippen molar-refractivity contribution in [1.82, 2.24) is 9.88 Å². The minimum absolute atomic E-state index is 0.0673. The van der Waals surface area contributed by atoms with Crippen LogP contribution in [-0.2, 0) is 16.6 Å². The number of barbiturate groups is 1. The molecule has 0 radical (unpaired) electrons. The minimum Gasteiger partial charge on any atom is -0.347 e. The van der Waals surface area contributed by atoms with Crippen LogP contribution in [-0.4, -0.2) is 22.4 Å². The molecule has 1 N–H and O–H groups in total. The first-order valence-electron chi connectivity index (χ1n) is 8.91. The second-order valence-corrected chi connectivity index (χ2v) is 6.82. The molecule has 1 aliphatic heterocycles. The monoisotopic (exact) mass is 373 g/mol. The van der Waals surface area contributed by atoms with E-state index in [0.717, 1.165) is 32.6 Å². The molecular weight excluding hydrogens is 354 g/mol. The lowest BCUT2D eigenvalue weighted by molar-refractivity contribution is -0.122. The third-order valence-corrected chi connectivity index (χ3v) is 5.20. The second kappa shape index (κ2) is 6.49. The number of rotatable bonds is 2. The molecule has 140 valence electrons. The molecule has 6 heteroatoms. The first-order chi connectivity index (χ1) is 13.4. The summed E-state index contributed by atoms with van der Waals surface area (Å²) in [6.45, 7) is 3.74. The predicted octanol–water partition coefficient (Wildman–Crippen LogP) is 3.46. The number of aromatic nitrogens is 1. The lowest BCUT2D eigenvalue weighted by Crippen LogP contribution is -2.54. The van der Waals surface area contributed by atoms with Gasteiger partial charge in [-0.2, -0.15) is 0 Å². The largest absolute Gasteiger partial charge is 0.347 e. The van der Waals surface area contributed by atoms with E-state index in [1.165, 1.54) is 0 Å². The second-order valence-electron chi connectivity index (χ2n) is 6.82. The SMILES string of the molecule is Cc1ccccc1N1C(=O)NC(=O)/C(=C/c2c(C)n(C)c3ccccc23)C1=O. The van der Waals surface area contributed by atoms with Crippen LogP contribution in [0.3, 0.4) is 0 Å². The number of hydrogen-bond donors (Lipinski definition) is 1. The maximum Gasteiger partial charge on any atom is 0.335 e. The van der Waals surface area contributed by atoms with Gasteiger partial charge in [-0.25, -0.2) is 9.69 Å². The number of amides is 4. The van der Waals surface area contributed by atoms with Crippen LogP contribution in [0.1, 0.15) is 16.8 Å². The van der Waals surface area contributed by atoms with Gasteiger partial charge in [-0.15, -0.1) is 0 Å². The van der Waals surface area contributed by atoms with Crippen molar-refractivity contribution in [2.45, 2.75) is 13.8 Å². The molecule has 1 aliphatic rings. The summed E-state index contributed by atoms with van der Waals surface area (Å²) >= 11 is 0.